The fraction of sp³-hybridized carbons (Fsp3) is 0.938. The van der Waals surface area contributed by atoms with Gasteiger partial charge >= 0.3 is 0 Å². The van der Waals surface area contributed by atoms with Gasteiger partial charge in [-0.15, -0.1) is 0 Å². The fourth-order valence-corrected chi connectivity index (χ4v) is 3.07. The molecule has 0 amide bonds. The third-order valence-corrected chi connectivity index (χ3v) is 5.58. The van der Waals surface area contributed by atoms with Crippen LogP contribution in [0.4, 0.5) is 0 Å². The molecule has 0 fully saturated rings. The molecule has 50 heavy (non-hydrogen) atoms. The summed E-state index contributed by atoms with van der Waals surface area (Å²) in [6, 6.07) is 0. The van der Waals surface area contributed by atoms with Crippen molar-refractivity contribution in [1.82, 2.24) is 0 Å². The van der Waals surface area contributed by atoms with E-state index in [1.165, 1.54) is 0 Å². The Labute approximate surface area is 297 Å². The van der Waals surface area contributed by atoms with Gasteiger partial charge in [-0.25, -0.2) is 0 Å². The molecule has 18 heteroatoms. The van der Waals surface area contributed by atoms with Crippen LogP contribution in [-0.2, 0) is 66.4 Å². The van der Waals surface area contributed by atoms with E-state index in [0.29, 0.717) is 184 Å². The fourth-order valence-electron chi connectivity index (χ4n) is 3.07. The summed E-state index contributed by atoms with van der Waals surface area (Å²) in [6.07, 6.45) is 0.900. The van der Waals surface area contributed by atoms with E-state index < -0.39 is 0 Å². The highest BCUT2D eigenvalue weighted by Crippen LogP contribution is 1.89. The average Bonchev–Trinajstić information content (AvgIpc) is 3.10. The van der Waals surface area contributed by atoms with Crippen molar-refractivity contribution >= 4 is 11.6 Å². The highest BCUT2D eigenvalue weighted by Gasteiger charge is 1.97. The highest BCUT2D eigenvalue weighted by atomic mass is 16.6. The molecule has 0 unspecified atom stereocenters. The molecule has 2 N–H and O–H groups in total. The number of nitrogens with two attached hydrogens (primary N) is 1. The van der Waals surface area contributed by atoms with E-state index in [4.69, 9.17) is 68.1 Å². The zero-order valence-corrected chi connectivity index (χ0v) is 30.4. The average molecular weight is 729 g/mol. The predicted molar refractivity (Wildman–Crippen MR) is 183 cm³/mol. The summed E-state index contributed by atoms with van der Waals surface area (Å²) >= 11 is 0. The van der Waals surface area contributed by atoms with E-state index >= 15 is 0 Å². The number of hydrogen-bond acceptors (Lipinski definition) is 16. The molecule has 0 aliphatic heterocycles. The zero-order chi connectivity index (χ0) is 36.9. The van der Waals surface area contributed by atoms with E-state index in [0.717, 1.165) is 0 Å². The smallest absolute Gasteiger partial charge is 0.132 e. The summed E-state index contributed by atoms with van der Waals surface area (Å²) < 4.78 is 63.5. The lowest BCUT2D eigenvalue weighted by molar-refractivity contribution is -0.119. The Balaban J connectivity index is 0. The first-order valence-electron chi connectivity index (χ1n) is 17.2. The predicted octanol–water partition coefficient (Wildman–Crippen LogP) is 1.40. The molecule has 0 aromatic carbocycles. The van der Waals surface area contributed by atoms with Crippen molar-refractivity contribution in [2.75, 3.05) is 172 Å². The van der Waals surface area contributed by atoms with Gasteiger partial charge in [-0.05, 0) is 19.4 Å². The molecule has 0 saturated carbocycles. The second kappa shape index (κ2) is 47.1. The van der Waals surface area contributed by atoms with Crippen molar-refractivity contribution in [3.8, 4) is 0 Å². The molecule has 0 bridgehead atoms. The number of azide groups is 1. The van der Waals surface area contributed by atoms with E-state index in [-0.39, 0.29) is 11.6 Å². The van der Waals surface area contributed by atoms with Gasteiger partial charge in [0.25, 0.3) is 0 Å². The van der Waals surface area contributed by atoms with Crippen LogP contribution in [0.1, 0.15) is 26.7 Å². The first-order valence-corrected chi connectivity index (χ1v) is 17.2. The third kappa shape index (κ3) is 52.9. The number of Topliss-reactive ketones (excluding diaryl/α,β-unsaturated/α-hetero) is 2. The van der Waals surface area contributed by atoms with Crippen molar-refractivity contribution in [2.45, 2.75) is 26.7 Å². The van der Waals surface area contributed by atoms with E-state index in [1.807, 2.05) is 0 Å². The maximum Gasteiger partial charge on any atom is 0.132 e. The summed E-state index contributed by atoms with van der Waals surface area (Å²) in [7, 11) is 0. The molecule has 0 heterocycles. The maximum absolute atomic E-state index is 10.7. The lowest BCUT2D eigenvalue weighted by Crippen LogP contribution is -2.15. The van der Waals surface area contributed by atoms with Crippen LogP contribution in [0, 0.1) is 0 Å². The molecular formula is C32H64N4O14. The molecule has 18 nitrogen and oxygen atoms in total. The molecule has 0 radical (unpaired) electrons. The number of carbonyl (C=O) groups excluding carboxylic acids is 2. The van der Waals surface area contributed by atoms with E-state index in [9.17, 15) is 9.59 Å². The van der Waals surface area contributed by atoms with Crippen molar-refractivity contribution < 1.29 is 66.4 Å². The first kappa shape index (κ1) is 50.2. The van der Waals surface area contributed by atoms with Gasteiger partial charge in [-0.1, -0.05) is 5.11 Å². The number of carbonyl (C=O) groups is 2. The number of hydrogen-bond donors (Lipinski definition) is 1. The van der Waals surface area contributed by atoms with Gasteiger partial charge < -0.3 is 62.6 Å². The van der Waals surface area contributed by atoms with Gasteiger partial charge in [-0.2, -0.15) is 0 Å². The normalized spacial score (nSPS) is 10.9. The molecule has 0 aliphatic carbocycles. The van der Waals surface area contributed by atoms with Crippen LogP contribution in [0.3, 0.4) is 0 Å². The van der Waals surface area contributed by atoms with E-state index in [1.54, 1.807) is 13.8 Å². The first-order chi connectivity index (χ1) is 24.5. The summed E-state index contributed by atoms with van der Waals surface area (Å²) in [5.74, 6) is 0.260. The maximum atomic E-state index is 10.7. The minimum Gasteiger partial charge on any atom is -0.379 e. The van der Waals surface area contributed by atoms with Gasteiger partial charge in [0.05, 0.1) is 159 Å². The topological polar surface area (TPSA) is 220 Å². The van der Waals surface area contributed by atoms with Gasteiger partial charge in [0.15, 0.2) is 0 Å². The number of ketones is 2. The molecule has 296 valence electrons. The Morgan fingerprint density at radius 3 is 0.860 bits per heavy atom. The Kier molecular flexibility index (Phi) is 47.4. The Morgan fingerprint density at radius 1 is 0.420 bits per heavy atom. The Bertz CT molecular complexity index is 732. The van der Waals surface area contributed by atoms with Gasteiger partial charge in [0.2, 0.25) is 0 Å². The second-order valence-corrected chi connectivity index (χ2v) is 10.00. The van der Waals surface area contributed by atoms with Gasteiger partial charge in [0.1, 0.15) is 11.6 Å². The van der Waals surface area contributed by atoms with Crippen molar-refractivity contribution in [2.24, 2.45) is 10.8 Å². The van der Waals surface area contributed by atoms with Gasteiger partial charge in [0, 0.05) is 30.8 Å². The summed E-state index contributed by atoms with van der Waals surface area (Å²) in [5.41, 5.74) is 13.4. The van der Waals surface area contributed by atoms with E-state index in [2.05, 4.69) is 10.0 Å². The molecular weight excluding hydrogens is 664 g/mol. The molecule has 0 spiro atoms. The van der Waals surface area contributed by atoms with Crippen LogP contribution in [0.25, 0.3) is 10.4 Å². The minimum absolute atomic E-state index is 0.126. The third-order valence-electron chi connectivity index (χ3n) is 5.58. The summed E-state index contributed by atoms with van der Waals surface area (Å²) in [4.78, 5) is 24.0. The Hall–Kier alpha value is -1.87. The van der Waals surface area contributed by atoms with Crippen LogP contribution in [-0.4, -0.2) is 183 Å². The molecule has 0 atom stereocenters. The molecule has 0 aromatic rings. The van der Waals surface area contributed by atoms with Crippen LogP contribution in [0.5, 0.6) is 0 Å². The number of rotatable bonds is 41. The second-order valence-electron chi connectivity index (χ2n) is 10.00. The lowest BCUT2D eigenvalue weighted by Gasteiger charge is -2.08. The largest absolute Gasteiger partial charge is 0.379 e. The van der Waals surface area contributed by atoms with Crippen molar-refractivity contribution in [1.29, 1.82) is 0 Å². The number of nitrogens with zero attached hydrogens (tertiary/aromatic N) is 3. The van der Waals surface area contributed by atoms with Crippen molar-refractivity contribution in [3.63, 3.8) is 0 Å². The Morgan fingerprint density at radius 2 is 0.640 bits per heavy atom. The molecule has 0 saturated heterocycles. The highest BCUT2D eigenvalue weighted by molar-refractivity contribution is 5.75. The molecule has 0 aromatic heterocycles. The molecule has 0 aliphatic rings. The van der Waals surface area contributed by atoms with Crippen LogP contribution >= 0.6 is 0 Å². The zero-order valence-electron chi connectivity index (χ0n) is 30.4. The van der Waals surface area contributed by atoms with Gasteiger partial charge in [-0.3, -0.25) is 9.59 Å². The summed E-state index contributed by atoms with van der Waals surface area (Å²) in [5, 5.41) is 3.35. The number of ether oxygens (including phenoxy) is 12. The van der Waals surface area contributed by atoms with Crippen LogP contribution in [0.2, 0.25) is 0 Å². The van der Waals surface area contributed by atoms with Crippen LogP contribution in [0.15, 0.2) is 5.11 Å². The SMILES string of the molecule is CC(=O)CCOCCOCCOCCOCCOCCOCCN.CC(=O)CCOCCOCCOCCOCCOCCOCCN=[N+]=[N-]. The quantitative estimate of drug-likeness (QED) is 0.0407. The molecule has 0 rings (SSSR count). The lowest BCUT2D eigenvalue weighted by atomic mass is 10.3. The summed E-state index contributed by atoms with van der Waals surface area (Å²) in [6.45, 7) is 16.0. The van der Waals surface area contributed by atoms with Crippen molar-refractivity contribution in [3.05, 3.63) is 10.4 Å². The van der Waals surface area contributed by atoms with Crippen LogP contribution < -0.4 is 5.73 Å². The monoisotopic (exact) mass is 728 g/mol. The minimum atomic E-state index is 0.126. The standard InChI is InChI=1S/C16H31N3O7.C16H33NO7/c1-16(20)2-4-21-6-8-23-10-12-25-14-15-26-13-11-24-9-7-22-5-3-18-19-17;1-16(18)2-4-19-6-8-21-10-12-23-14-15-24-13-11-22-9-7-20-5-3-17/h2-15H2,1H3;2-15,17H2,1H3.